The maximum absolute atomic E-state index is 13.1. The molecule has 3 aromatic rings. The van der Waals surface area contributed by atoms with E-state index in [0.717, 1.165) is 5.56 Å². The number of phenolic OH excluding ortho intramolecular Hbond substituents is 1. The quantitative estimate of drug-likeness (QED) is 0.284. The minimum Gasteiger partial charge on any atom is -0.506 e. The molecule has 1 amide bonds. The average molecular weight is 517 g/mol. The molecule has 0 saturated carbocycles. The fraction of sp³-hybridized carbons (Fsp3) is 0.200. The third-order valence-electron chi connectivity index (χ3n) is 5.28. The van der Waals surface area contributed by atoms with Crippen LogP contribution in [-0.2, 0) is 14.6 Å². The van der Waals surface area contributed by atoms with E-state index in [-0.39, 0.29) is 44.6 Å². The van der Waals surface area contributed by atoms with Gasteiger partial charge in [-0.15, -0.1) is 0 Å². The molecule has 0 bridgehead atoms. The largest absolute Gasteiger partial charge is 0.506 e. The van der Waals surface area contributed by atoms with Crippen LogP contribution in [0.3, 0.4) is 0 Å². The van der Waals surface area contributed by atoms with Crippen molar-refractivity contribution in [2.75, 3.05) is 17.7 Å². The van der Waals surface area contributed by atoms with E-state index in [0.29, 0.717) is 0 Å². The fourth-order valence-corrected chi connectivity index (χ4v) is 5.26. The second-order valence-electron chi connectivity index (χ2n) is 7.78. The second kappa shape index (κ2) is 10.8. The third kappa shape index (κ3) is 5.93. The first-order valence-electron chi connectivity index (χ1n) is 10.7. The van der Waals surface area contributed by atoms with Crippen LogP contribution < -0.4 is 10.6 Å². The molecule has 0 saturated heterocycles. The summed E-state index contributed by atoms with van der Waals surface area (Å²) in [6, 6.07) is 15.0. The first kappa shape index (κ1) is 26.1. The lowest BCUT2D eigenvalue weighted by Gasteiger charge is -2.21. The average Bonchev–Trinajstić information content (AvgIpc) is 2.84. The molecule has 0 radical (unpaired) electrons. The van der Waals surface area contributed by atoms with Crippen molar-refractivity contribution in [1.82, 2.24) is 0 Å². The van der Waals surface area contributed by atoms with Gasteiger partial charge in [0.25, 0.3) is 5.91 Å². The van der Waals surface area contributed by atoms with Gasteiger partial charge in [-0.25, -0.2) is 13.2 Å². The topological polar surface area (TPSA) is 122 Å². The van der Waals surface area contributed by atoms with Gasteiger partial charge in [-0.3, -0.25) is 4.79 Å². The summed E-state index contributed by atoms with van der Waals surface area (Å²) in [7, 11) is -2.47. The number of hydrogen-bond donors (Lipinski definition) is 3. The number of aryl methyl sites for hydroxylation is 1. The summed E-state index contributed by atoms with van der Waals surface area (Å²) >= 11 is 6.35. The number of rotatable bonds is 8. The Labute approximate surface area is 208 Å². The van der Waals surface area contributed by atoms with Crippen LogP contribution in [0.5, 0.6) is 5.75 Å². The van der Waals surface area contributed by atoms with Gasteiger partial charge in [0.05, 0.1) is 34.0 Å². The van der Waals surface area contributed by atoms with Crippen LogP contribution in [0.1, 0.15) is 39.6 Å². The lowest BCUT2D eigenvalue weighted by molar-refractivity contribution is 0.0600. The standard InChI is InChI=1S/C25H25ClN2O6S/c1-4-23(35(32,33)18-7-5-6-15(2)12-18)27-20-14-22(29)21(13-19(20)26)28-24(30)16-8-10-17(11-9-16)25(31)34-3/h5-14,23,27,29H,4H2,1-3H3,(H,28,30). The van der Waals surface area contributed by atoms with E-state index in [1.54, 1.807) is 19.1 Å². The Bertz CT molecular complexity index is 1360. The molecule has 3 aromatic carbocycles. The van der Waals surface area contributed by atoms with Gasteiger partial charge in [0.2, 0.25) is 0 Å². The molecular weight excluding hydrogens is 492 g/mol. The first-order chi connectivity index (χ1) is 16.6. The highest BCUT2D eigenvalue weighted by Crippen LogP contribution is 2.35. The second-order valence-corrected chi connectivity index (χ2v) is 10.3. The summed E-state index contributed by atoms with van der Waals surface area (Å²) < 4.78 is 30.9. The molecule has 0 heterocycles. The molecule has 0 fully saturated rings. The van der Waals surface area contributed by atoms with Crippen molar-refractivity contribution in [2.45, 2.75) is 30.5 Å². The van der Waals surface area contributed by atoms with E-state index in [2.05, 4.69) is 15.4 Å². The van der Waals surface area contributed by atoms with Gasteiger partial charge in [0, 0.05) is 11.6 Å². The number of phenols is 1. The minimum absolute atomic E-state index is 0.0391. The molecular formula is C25H25ClN2O6S. The highest BCUT2D eigenvalue weighted by atomic mass is 35.5. The molecule has 0 spiro atoms. The Kier molecular flexibility index (Phi) is 8.03. The van der Waals surface area contributed by atoms with Crippen LogP contribution in [0.2, 0.25) is 5.02 Å². The third-order valence-corrected chi connectivity index (χ3v) is 7.71. The molecule has 0 aromatic heterocycles. The molecule has 184 valence electrons. The van der Waals surface area contributed by atoms with Crippen molar-refractivity contribution in [3.05, 3.63) is 82.4 Å². The number of benzene rings is 3. The summed E-state index contributed by atoms with van der Waals surface area (Å²) in [5.74, 6) is -1.37. The van der Waals surface area contributed by atoms with Crippen LogP contribution in [0.4, 0.5) is 11.4 Å². The van der Waals surface area contributed by atoms with Crippen LogP contribution in [0.15, 0.2) is 65.6 Å². The number of amides is 1. The normalized spacial score (nSPS) is 12.0. The van der Waals surface area contributed by atoms with E-state index >= 15 is 0 Å². The number of carbonyl (C=O) groups is 2. The molecule has 35 heavy (non-hydrogen) atoms. The Morgan fingerprint density at radius 2 is 1.69 bits per heavy atom. The van der Waals surface area contributed by atoms with E-state index in [1.165, 1.54) is 49.6 Å². The van der Waals surface area contributed by atoms with Gasteiger partial charge in [0.15, 0.2) is 9.84 Å². The lowest BCUT2D eigenvalue weighted by Crippen LogP contribution is -2.29. The molecule has 1 atom stereocenters. The summed E-state index contributed by atoms with van der Waals surface area (Å²) in [4.78, 5) is 24.3. The van der Waals surface area contributed by atoms with Gasteiger partial charge < -0.3 is 20.5 Å². The number of nitrogens with one attached hydrogen (secondary N) is 2. The van der Waals surface area contributed by atoms with Gasteiger partial charge in [-0.05, 0) is 61.4 Å². The molecule has 3 rings (SSSR count). The van der Waals surface area contributed by atoms with Crippen molar-refractivity contribution in [1.29, 1.82) is 0 Å². The molecule has 0 aliphatic heterocycles. The van der Waals surface area contributed by atoms with E-state index in [1.807, 2.05) is 13.0 Å². The van der Waals surface area contributed by atoms with E-state index in [9.17, 15) is 23.1 Å². The number of methoxy groups -OCH3 is 1. The number of hydrogen-bond acceptors (Lipinski definition) is 7. The minimum atomic E-state index is -3.73. The Morgan fingerprint density at radius 1 is 1.03 bits per heavy atom. The highest BCUT2D eigenvalue weighted by molar-refractivity contribution is 7.92. The van der Waals surface area contributed by atoms with Crippen LogP contribution in [0.25, 0.3) is 0 Å². The smallest absolute Gasteiger partial charge is 0.337 e. The van der Waals surface area contributed by atoms with Crippen LogP contribution >= 0.6 is 11.6 Å². The summed E-state index contributed by atoms with van der Waals surface area (Å²) in [5, 5.41) is 15.0. The zero-order valence-electron chi connectivity index (χ0n) is 19.3. The molecule has 0 aliphatic carbocycles. The van der Waals surface area contributed by atoms with E-state index < -0.39 is 27.1 Å². The molecule has 8 nitrogen and oxygen atoms in total. The number of esters is 1. The molecule has 3 N–H and O–H groups in total. The monoisotopic (exact) mass is 516 g/mol. The number of ether oxygens (including phenoxy) is 1. The van der Waals surface area contributed by atoms with Crippen LogP contribution in [0, 0.1) is 6.92 Å². The maximum atomic E-state index is 13.1. The first-order valence-corrected chi connectivity index (χ1v) is 12.6. The summed E-state index contributed by atoms with van der Waals surface area (Å²) in [6.07, 6.45) is 0.243. The summed E-state index contributed by atoms with van der Waals surface area (Å²) in [5.41, 5.74) is 1.59. The molecule has 10 heteroatoms. The van der Waals surface area contributed by atoms with E-state index in [4.69, 9.17) is 11.6 Å². The Morgan fingerprint density at radius 3 is 2.29 bits per heavy atom. The highest BCUT2D eigenvalue weighted by Gasteiger charge is 2.27. The van der Waals surface area contributed by atoms with Crippen molar-refractivity contribution in [2.24, 2.45) is 0 Å². The SMILES string of the molecule is CCC(Nc1cc(O)c(NC(=O)c2ccc(C(=O)OC)cc2)cc1Cl)S(=O)(=O)c1cccc(C)c1. The number of aromatic hydroxyl groups is 1. The van der Waals surface area contributed by atoms with Crippen molar-refractivity contribution >= 4 is 44.7 Å². The maximum Gasteiger partial charge on any atom is 0.337 e. The Balaban J connectivity index is 1.80. The van der Waals surface area contributed by atoms with Gasteiger partial charge in [-0.1, -0.05) is 30.7 Å². The summed E-state index contributed by atoms with van der Waals surface area (Å²) in [6.45, 7) is 3.53. The number of sulfone groups is 1. The van der Waals surface area contributed by atoms with Gasteiger partial charge in [-0.2, -0.15) is 0 Å². The zero-order valence-corrected chi connectivity index (χ0v) is 20.9. The lowest BCUT2D eigenvalue weighted by atomic mass is 10.1. The predicted octanol–water partition coefficient (Wildman–Crippen LogP) is 5.01. The molecule has 0 aliphatic rings. The van der Waals surface area contributed by atoms with Gasteiger partial charge >= 0.3 is 5.97 Å². The van der Waals surface area contributed by atoms with Crippen molar-refractivity contribution < 1.29 is 27.9 Å². The van der Waals surface area contributed by atoms with Crippen molar-refractivity contribution in [3.8, 4) is 5.75 Å². The number of halogens is 1. The Hall–Kier alpha value is -3.56. The fourth-order valence-electron chi connectivity index (χ4n) is 3.37. The van der Waals surface area contributed by atoms with Gasteiger partial charge in [0.1, 0.15) is 11.1 Å². The predicted molar refractivity (Wildman–Crippen MR) is 135 cm³/mol. The molecule has 1 unspecified atom stereocenters. The number of anilines is 2. The van der Waals surface area contributed by atoms with Crippen molar-refractivity contribution in [3.63, 3.8) is 0 Å². The zero-order chi connectivity index (χ0) is 25.8. The number of carbonyl (C=O) groups excluding carboxylic acids is 2. The van der Waals surface area contributed by atoms with Crippen LogP contribution in [-0.4, -0.2) is 37.9 Å².